The van der Waals surface area contributed by atoms with E-state index >= 15 is 0 Å². The predicted molar refractivity (Wildman–Crippen MR) is 401 cm³/mol. The molecule has 28 nitrogen and oxygen atoms in total. The summed E-state index contributed by atoms with van der Waals surface area (Å²) < 4.78 is 28.6. The van der Waals surface area contributed by atoms with E-state index in [0.717, 1.165) is 88.6 Å². The van der Waals surface area contributed by atoms with Crippen LogP contribution in [0.25, 0.3) is 0 Å². The van der Waals surface area contributed by atoms with Crippen molar-refractivity contribution in [2.45, 2.75) is 284 Å². The molecule has 0 rings (SSSR count). The van der Waals surface area contributed by atoms with Gasteiger partial charge in [0.1, 0.15) is 0 Å². The number of unbranched alkanes of at least 4 members (excludes halogenated alkanes) is 8. The van der Waals surface area contributed by atoms with E-state index in [1.54, 1.807) is 58.1 Å². The number of thioether (sulfide) groups is 2. The van der Waals surface area contributed by atoms with Crippen molar-refractivity contribution in [2.24, 2.45) is 29.6 Å². The summed E-state index contributed by atoms with van der Waals surface area (Å²) in [5.74, 6) is -6.47. The molecule has 0 aromatic carbocycles. The molecule has 0 saturated carbocycles. The molecule has 9 N–H and O–H groups in total. The number of rotatable bonds is 40. The Morgan fingerprint density at radius 1 is 0.353 bits per heavy atom. The van der Waals surface area contributed by atoms with Crippen LogP contribution in [0, 0.1) is 29.6 Å². The Kier molecular flexibility index (Phi) is 116. The molecule has 610 valence electrons. The zero-order valence-corrected chi connectivity index (χ0v) is 68.0. The Morgan fingerprint density at radius 2 is 0.667 bits per heavy atom. The van der Waals surface area contributed by atoms with Gasteiger partial charge in [0.15, 0.2) is 0 Å². The lowest BCUT2D eigenvalue weighted by Crippen LogP contribution is -2.26. The molecule has 0 aromatic heterocycles. The first-order valence-electron chi connectivity index (χ1n) is 35.1. The fourth-order valence-corrected chi connectivity index (χ4v) is 6.39. The topological polar surface area (TPSA) is 459 Å². The van der Waals surface area contributed by atoms with Crippen LogP contribution in [0.1, 0.15) is 279 Å². The fourth-order valence-electron chi connectivity index (χ4n) is 5.21. The van der Waals surface area contributed by atoms with Crippen LogP contribution in [0.3, 0.4) is 0 Å². The number of hydrogen-bond acceptors (Lipinski definition) is 22. The molecule has 0 fully saturated rings. The number of ether oxygens (including phenoxy) is 6. The first-order chi connectivity index (χ1) is 47.5. The van der Waals surface area contributed by atoms with E-state index < -0.39 is 59.6 Å². The molecule has 0 saturated heterocycles. The molecular weight excluding hydrogens is 1380 g/mol. The highest BCUT2D eigenvalue weighted by Gasteiger charge is 2.18. The minimum atomic E-state index is -0.956. The highest BCUT2D eigenvalue weighted by Crippen LogP contribution is 2.11. The van der Waals surface area contributed by atoms with Crippen molar-refractivity contribution < 1.29 is 137 Å². The Morgan fingerprint density at radius 3 is 0.912 bits per heavy atom. The zero-order valence-electron chi connectivity index (χ0n) is 66.4. The second-order valence-electron chi connectivity index (χ2n) is 22.9. The van der Waals surface area contributed by atoms with Gasteiger partial charge in [0, 0.05) is 51.4 Å². The van der Waals surface area contributed by atoms with Crippen LogP contribution in [0.2, 0.25) is 0 Å². The minimum absolute atomic E-state index is 0.0522. The predicted octanol–water partition coefficient (Wildman–Crippen LogP) is 14.8. The van der Waals surface area contributed by atoms with Crippen LogP contribution in [0.5, 0.6) is 0 Å². The van der Waals surface area contributed by atoms with E-state index in [1.807, 2.05) is 67.9 Å². The molecule has 30 heteroatoms. The molecule has 5 atom stereocenters. The van der Waals surface area contributed by atoms with Gasteiger partial charge in [0.2, 0.25) is 0 Å². The average molecular weight is 1520 g/mol. The second-order valence-corrected chi connectivity index (χ2v) is 24.9. The molecule has 0 aliphatic rings. The average Bonchev–Trinajstić information content (AvgIpc) is 1.50. The molecule has 0 aliphatic heterocycles. The lowest BCUT2D eigenvalue weighted by atomic mass is 10.1. The van der Waals surface area contributed by atoms with Crippen molar-refractivity contribution >= 4 is 101 Å². The summed E-state index contributed by atoms with van der Waals surface area (Å²) in [6.07, 6.45) is 21.9. The van der Waals surface area contributed by atoms with E-state index in [4.69, 9.17) is 60.2 Å². The minimum Gasteiger partial charge on any atom is -0.481 e. The van der Waals surface area contributed by atoms with Gasteiger partial charge in [0.05, 0.1) is 82.4 Å². The summed E-state index contributed by atoms with van der Waals surface area (Å²) in [4.78, 5) is 132. The molecule has 102 heavy (non-hydrogen) atoms. The van der Waals surface area contributed by atoms with Crippen molar-refractivity contribution in [1.82, 2.24) is 0 Å². The van der Waals surface area contributed by atoms with E-state index in [0.29, 0.717) is 65.0 Å². The van der Waals surface area contributed by atoms with Crippen molar-refractivity contribution in [1.29, 1.82) is 0 Å². The number of aliphatic hydroxyl groups excluding tert-OH is 1. The van der Waals surface area contributed by atoms with E-state index in [9.17, 15) is 62.3 Å². The summed E-state index contributed by atoms with van der Waals surface area (Å²) in [6.45, 7) is 34.8. The van der Waals surface area contributed by atoms with Crippen LogP contribution in [0.4, 0.5) is 0 Å². The number of aliphatic carboxylic acids is 8. The highest BCUT2D eigenvalue weighted by atomic mass is 32.2. The maximum atomic E-state index is 10.9. The third-order valence-electron chi connectivity index (χ3n) is 11.7. The third kappa shape index (κ3) is 144. The molecule has 0 aliphatic carbocycles. The Labute approximate surface area is 620 Å². The number of carbonyl (C=O) groups excluding carboxylic acids is 5. The number of carbonyl (C=O) groups is 13. The van der Waals surface area contributed by atoms with E-state index in [1.165, 1.54) is 47.3 Å². The number of hydrogen-bond donors (Lipinski definition) is 9. The van der Waals surface area contributed by atoms with Crippen molar-refractivity contribution in [3.63, 3.8) is 0 Å². The van der Waals surface area contributed by atoms with Crippen LogP contribution < -0.4 is 0 Å². The van der Waals surface area contributed by atoms with Gasteiger partial charge >= 0.3 is 77.6 Å². The van der Waals surface area contributed by atoms with E-state index in [2.05, 4.69) is 35.0 Å². The number of aliphatic hydroxyl groups is 1. The number of methoxy groups -OCH3 is 2. The van der Waals surface area contributed by atoms with Gasteiger partial charge in [-0.25, -0.2) is 0 Å². The molecule has 0 bridgehead atoms. The summed E-state index contributed by atoms with van der Waals surface area (Å²) in [5, 5.41) is 72.9. The molecule has 0 radical (unpaired) electrons. The molecular formula is C72H142O28S2. The zero-order chi connectivity index (χ0) is 82.5. The quantitative estimate of drug-likeness (QED) is 0.0156. The lowest BCUT2D eigenvalue weighted by Gasteiger charge is -2.21. The van der Waals surface area contributed by atoms with Gasteiger partial charge < -0.3 is 74.4 Å². The standard InChI is InChI=1S/C9H18O3.C9H18O2.C7H14O2S.2C7H14O2.C6H10O4.C6H12O2S.2C5H10O2.C4H8O3.C4H8O2.C3H6O2/c1-7(8(10)11-5)6-12-9(2,3)4;1-3-5-6-7-8-9(10)11-4-2;1-6(4-5-10-3)7(8)9-2;1-3-5-6-7(8)9-4-2;1-2-3-4-5-6-7(8)9;1-4(6(9)10)2-3-5(7)8;1-5(6(7)8)3-4-9-2;1-3-5(6)7-4-2;1-2-3-4-5(6)7;1-3(2-5)4(6)7;1-2-3-4(5)6;1-2-3(4)5/h7H,6H2,1-5H3;3-8H2,1-2H3;6H,4-5H2,1-3H3;3-6H2,1-2H3;2-6H2,1H3,(H,8,9);4H,2-3H2,1H3,(H,7,8)(H,9,10);5H,3-4H2,1-2H3,(H,7,8);3-4H2,1-2H3;2-4H2,1H3,(H,6,7);3,5H,2H2,1H3,(H,6,7);2-3H2,1H3,(H,5,6);2H2,1H3,(H,4,5). The van der Waals surface area contributed by atoms with Crippen molar-refractivity contribution in [3.8, 4) is 0 Å². The van der Waals surface area contributed by atoms with E-state index in [-0.39, 0.29) is 79.1 Å². The van der Waals surface area contributed by atoms with Crippen LogP contribution in [-0.2, 0) is 90.8 Å². The SMILES string of the molecule is CC(CCC(=O)O)C(=O)O.CC(CO)C(=O)O.CCC(=O)O.CCCC(=O)O.CCCCC(=O)O.CCCCC(=O)OCC.CCCCCCC(=O)O.CCCCCCC(=O)OCC.CCOC(=O)CC.COC(=O)C(C)CCSC.COC(=O)C(C)COC(C)(C)C.CSCCC(C)C(=O)O. The third-order valence-corrected chi connectivity index (χ3v) is 13.0. The smallest absolute Gasteiger partial charge is 0.310 e. The number of esters is 5. The number of carboxylic acid groups (broad SMARTS) is 8. The monoisotopic (exact) mass is 1520 g/mol. The molecule has 0 heterocycles. The first kappa shape index (κ1) is 123. The second kappa shape index (κ2) is 96.8. The van der Waals surface area contributed by atoms with Crippen molar-refractivity contribution in [2.75, 3.05) is 71.3 Å². The summed E-state index contributed by atoms with van der Waals surface area (Å²) >= 11 is 3.43. The van der Waals surface area contributed by atoms with Gasteiger partial charge in [-0.1, -0.05) is 121 Å². The van der Waals surface area contributed by atoms with Crippen molar-refractivity contribution in [3.05, 3.63) is 0 Å². The van der Waals surface area contributed by atoms with Crippen LogP contribution in [0.15, 0.2) is 0 Å². The Hall–Kier alpha value is -6.27. The summed E-state index contributed by atoms with van der Waals surface area (Å²) in [6, 6.07) is 0. The number of carboxylic acids is 8. The largest absolute Gasteiger partial charge is 0.481 e. The Bertz CT molecular complexity index is 2000. The Balaban J connectivity index is -0.0000000872. The van der Waals surface area contributed by atoms with Gasteiger partial charge in [0.25, 0.3) is 0 Å². The maximum absolute atomic E-state index is 10.9. The van der Waals surface area contributed by atoms with Gasteiger partial charge in [-0.3, -0.25) is 62.3 Å². The van der Waals surface area contributed by atoms with Gasteiger partial charge in [-0.05, 0) is 131 Å². The first-order valence-corrected chi connectivity index (χ1v) is 37.9. The molecule has 0 aromatic rings. The highest BCUT2D eigenvalue weighted by molar-refractivity contribution is 7.98. The normalized spacial score (nSPS) is 10.9. The van der Waals surface area contributed by atoms with Crippen LogP contribution >= 0.6 is 23.5 Å². The summed E-state index contributed by atoms with van der Waals surface area (Å²) in [7, 11) is 2.81. The van der Waals surface area contributed by atoms with Crippen LogP contribution in [-0.4, -0.2) is 200 Å². The molecule has 5 unspecified atom stereocenters. The fraction of sp³-hybridized carbons (Fsp3) is 0.819. The maximum Gasteiger partial charge on any atom is 0.310 e. The van der Waals surface area contributed by atoms with Gasteiger partial charge in [-0.15, -0.1) is 0 Å². The molecule has 0 amide bonds. The lowest BCUT2D eigenvalue weighted by molar-refractivity contribution is -0.149. The molecule has 0 spiro atoms. The summed E-state index contributed by atoms with van der Waals surface area (Å²) in [5.41, 5.74) is -0.192. The van der Waals surface area contributed by atoms with Gasteiger partial charge in [-0.2, -0.15) is 23.5 Å².